The van der Waals surface area contributed by atoms with E-state index in [0.717, 1.165) is 60.7 Å². The van der Waals surface area contributed by atoms with Crippen molar-refractivity contribution in [2.45, 2.75) is 77.2 Å². The number of pyridine rings is 1. The highest BCUT2D eigenvalue weighted by Crippen LogP contribution is 2.40. The van der Waals surface area contributed by atoms with Gasteiger partial charge < -0.3 is 18.6 Å². The molecule has 4 heterocycles. The number of anilines is 1. The van der Waals surface area contributed by atoms with Crippen LogP contribution in [0, 0.1) is 0 Å². The first kappa shape index (κ1) is 33.3. The molecule has 1 aliphatic heterocycles. The molecule has 6 rings (SSSR count). The summed E-state index contributed by atoms with van der Waals surface area (Å²) in [5, 5.41) is 3.68. The molecule has 9 heteroatoms. The van der Waals surface area contributed by atoms with E-state index in [1.807, 2.05) is 18.6 Å². The van der Waals surface area contributed by atoms with Crippen LogP contribution in [0.15, 0.2) is 97.8 Å². The number of fused-ring (bicyclic) bond motifs is 1. The summed E-state index contributed by atoms with van der Waals surface area (Å²) in [4.78, 5) is 16.1. The van der Waals surface area contributed by atoms with Crippen LogP contribution in [0.3, 0.4) is 0 Å². The predicted molar refractivity (Wildman–Crippen MR) is 199 cm³/mol. The zero-order valence-corrected chi connectivity index (χ0v) is 30.8. The number of benzene rings is 2. The van der Waals surface area contributed by atoms with E-state index < -0.39 is 16.4 Å². The second-order valence-corrected chi connectivity index (χ2v) is 24.9. The summed E-state index contributed by atoms with van der Waals surface area (Å²) in [6, 6.07) is 25.2. The van der Waals surface area contributed by atoms with E-state index in [1.165, 1.54) is 16.1 Å². The van der Waals surface area contributed by atoms with E-state index in [0.29, 0.717) is 6.73 Å². The Morgan fingerprint density at radius 2 is 1.55 bits per heavy atom. The summed E-state index contributed by atoms with van der Waals surface area (Å²) in [5.74, 6) is 0. The van der Waals surface area contributed by atoms with E-state index in [-0.39, 0.29) is 11.1 Å². The third kappa shape index (κ3) is 7.13. The Morgan fingerprint density at radius 1 is 0.894 bits per heavy atom. The molecule has 0 unspecified atom stereocenters. The summed E-state index contributed by atoms with van der Waals surface area (Å²) < 4.78 is 16.0. The van der Waals surface area contributed by atoms with E-state index >= 15 is 0 Å². The molecule has 1 saturated heterocycles. The molecule has 0 bridgehead atoms. The topological polar surface area (TPSA) is 65.3 Å². The number of ether oxygens (including phenoxy) is 1. The molecule has 5 aromatic rings. The monoisotopic (exact) mass is 663 g/mol. The van der Waals surface area contributed by atoms with Crippen LogP contribution in [0.5, 0.6) is 0 Å². The number of rotatable bonds is 11. The van der Waals surface area contributed by atoms with Gasteiger partial charge in [-0.15, -0.1) is 0 Å². The van der Waals surface area contributed by atoms with Crippen LogP contribution >= 0.6 is 0 Å². The van der Waals surface area contributed by atoms with Crippen molar-refractivity contribution in [3.8, 4) is 11.1 Å². The SMILES string of the molecule is CC(C)(C)[Si](O[C@@H]1CCCN(c2ccnc3c2c(-c2cncnc2)cn3COCC[Si](C)(C)C)C1)(c1ccccc1)c1ccccc1. The largest absolute Gasteiger partial charge is 0.403 e. The highest BCUT2D eigenvalue weighted by atomic mass is 28.4. The van der Waals surface area contributed by atoms with Crippen molar-refractivity contribution in [1.29, 1.82) is 0 Å². The van der Waals surface area contributed by atoms with E-state index in [4.69, 9.17) is 14.1 Å². The van der Waals surface area contributed by atoms with Crippen LogP contribution in [0.2, 0.25) is 30.7 Å². The lowest BCUT2D eigenvalue weighted by Crippen LogP contribution is -2.68. The summed E-state index contributed by atoms with van der Waals surface area (Å²) in [7, 11) is -3.88. The summed E-state index contributed by atoms with van der Waals surface area (Å²) in [6.07, 6.45) is 11.6. The Balaban J connectivity index is 1.37. The molecule has 0 saturated carbocycles. The van der Waals surface area contributed by atoms with Crippen molar-refractivity contribution in [1.82, 2.24) is 19.5 Å². The number of hydrogen-bond acceptors (Lipinski definition) is 6. The van der Waals surface area contributed by atoms with Gasteiger partial charge in [0.2, 0.25) is 0 Å². The third-order valence-corrected chi connectivity index (χ3v) is 16.1. The smallest absolute Gasteiger partial charge is 0.261 e. The molecule has 0 amide bonds. The average Bonchev–Trinajstić information content (AvgIpc) is 3.45. The van der Waals surface area contributed by atoms with Crippen LogP contribution in [0.25, 0.3) is 22.2 Å². The van der Waals surface area contributed by atoms with Crippen LogP contribution in [0.1, 0.15) is 33.6 Å². The molecule has 246 valence electrons. The van der Waals surface area contributed by atoms with Gasteiger partial charge in [-0.3, -0.25) is 0 Å². The van der Waals surface area contributed by atoms with Crippen LogP contribution in [-0.2, 0) is 15.9 Å². The van der Waals surface area contributed by atoms with Crippen molar-refractivity contribution in [2.24, 2.45) is 0 Å². The van der Waals surface area contributed by atoms with Crippen molar-refractivity contribution >= 4 is 43.5 Å². The third-order valence-electron chi connectivity index (χ3n) is 9.31. The van der Waals surface area contributed by atoms with Crippen LogP contribution in [-0.4, -0.2) is 61.7 Å². The zero-order chi connectivity index (χ0) is 33.1. The maximum atomic E-state index is 7.63. The van der Waals surface area contributed by atoms with Gasteiger partial charge in [-0.05, 0) is 40.4 Å². The molecule has 1 atom stereocenters. The molecule has 0 radical (unpaired) electrons. The molecule has 7 nitrogen and oxygen atoms in total. The highest BCUT2D eigenvalue weighted by Gasteiger charge is 2.51. The second-order valence-electron chi connectivity index (χ2n) is 15.0. The lowest BCUT2D eigenvalue weighted by molar-refractivity contribution is 0.0899. The fourth-order valence-electron chi connectivity index (χ4n) is 6.95. The standard InChI is InChI=1S/C38H49N5O2Si2/c1-38(2,3)47(32-15-9-7-10-16-32,33-17-11-8-12-18-33)45-31-14-13-21-42(26-31)35-19-20-41-37-36(35)34(30-24-39-28-40-25-30)27-43(37)29-44-22-23-46(4,5)6/h7-12,15-20,24-25,27-28,31H,13-14,21-23,26,29H2,1-6H3/t31-/m1/s1. The number of piperidine rings is 1. The van der Waals surface area contributed by atoms with Crippen molar-refractivity contribution in [2.75, 3.05) is 24.6 Å². The highest BCUT2D eigenvalue weighted by molar-refractivity contribution is 6.99. The normalized spacial score (nSPS) is 16.1. The molecule has 0 aliphatic carbocycles. The summed E-state index contributed by atoms with van der Waals surface area (Å²) in [5.41, 5.74) is 4.15. The Kier molecular flexibility index (Phi) is 9.80. The lowest BCUT2D eigenvalue weighted by atomic mass is 10.0. The van der Waals surface area contributed by atoms with Gasteiger partial charge in [-0.1, -0.05) is 101 Å². The van der Waals surface area contributed by atoms with E-state index in [1.54, 1.807) is 6.33 Å². The van der Waals surface area contributed by atoms with Crippen molar-refractivity contribution < 1.29 is 9.16 Å². The first-order valence-electron chi connectivity index (χ1n) is 16.9. The van der Waals surface area contributed by atoms with Crippen molar-refractivity contribution in [3.63, 3.8) is 0 Å². The van der Waals surface area contributed by atoms with Gasteiger partial charge in [0.05, 0.1) is 17.2 Å². The Labute approximate surface area is 282 Å². The van der Waals surface area contributed by atoms with E-state index in [9.17, 15) is 0 Å². The number of nitrogens with zero attached hydrogens (tertiary/aromatic N) is 5. The Bertz CT molecular complexity index is 1710. The molecule has 47 heavy (non-hydrogen) atoms. The maximum Gasteiger partial charge on any atom is 0.261 e. The Morgan fingerprint density at radius 3 is 2.17 bits per heavy atom. The molecular formula is C38H49N5O2Si2. The molecule has 0 N–H and O–H groups in total. The molecule has 0 spiro atoms. The summed E-state index contributed by atoms with van der Waals surface area (Å²) in [6.45, 7) is 17.2. The molecular weight excluding hydrogens is 615 g/mol. The van der Waals surface area contributed by atoms with E-state index in [2.05, 4.69) is 133 Å². The predicted octanol–water partition coefficient (Wildman–Crippen LogP) is 7.35. The fraction of sp³-hybridized carbons (Fsp3) is 0.395. The zero-order valence-electron chi connectivity index (χ0n) is 28.8. The second kappa shape index (κ2) is 13.8. The minimum Gasteiger partial charge on any atom is -0.403 e. The van der Waals surface area contributed by atoms with Crippen molar-refractivity contribution in [3.05, 3.63) is 97.8 Å². The lowest BCUT2D eigenvalue weighted by Gasteiger charge is -2.47. The first-order valence-corrected chi connectivity index (χ1v) is 22.5. The van der Waals surface area contributed by atoms with Gasteiger partial charge in [0.25, 0.3) is 8.32 Å². The molecule has 1 aliphatic rings. The van der Waals surface area contributed by atoms with Gasteiger partial charge in [-0.25, -0.2) is 15.0 Å². The van der Waals surface area contributed by atoms with Gasteiger partial charge in [0.1, 0.15) is 18.7 Å². The maximum absolute atomic E-state index is 7.63. The minimum absolute atomic E-state index is 0.0743. The molecule has 3 aromatic heterocycles. The molecule has 1 fully saturated rings. The number of aromatic nitrogens is 4. The Hall–Kier alpha value is -3.64. The van der Waals surface area contributed by atoms with Gasteiger partial charge in [0.15, 0.2) is 0 Å². The summed E-state index contributed by atoms with van der Waals surface area (Å²) >= 11 is 0. The molecule has 2 aromatic carbocycles. The van der Waals surface area contributed by atoms with Gasteiger partial charge in [0, 0.05) is 63.7 Å². The quantitative estimate of drug-likeness (QED) is 0.109. The fourth-order valence-corrected chi connectivity index (χ4v) is 12.4. The number of hydrogen-bond donors (Lipinski definition) is 0. The minimum atomic E-state index is -2.69. The van der Waals surface area contributed by atoms with Gasteiger partial charge in [-0.2, -0.15) is 0 Å². The van der Waals surface area contributed by atoms with Crippen LogP contribution in [0.4, 0.5) is 5.69 Å². The average molecular weight is 664 g/mol. The first-order chi connectivity index (χ1) is 22.6. The van der Waals surface area contributed by atoms with Crippen LogP contribution < -0.4 is 15.3 Å². The van der Waals surface area contributed by atoms with Gasteiger partial charge >= 0.3 is 0 Å².